The molecule has 0 spiro atoms. The Balaban J connectivity index is 2.47. The highest BCUT2D eigenvalue weighted by molar-refractivity contribution is 6.04. The Labute approximate surface area is 219 Å². The van der Waals surface area contributed by atoms with Crippen molar-refractivity contribution in [3.05, 3.63) is 69.8 Å². The molecule has 2 aromatic carbocycles. The molecule has 0 radical (unpaired) electrons. The van der Waals surface area contributed by atoms with Crippen molar-refractivity contribution in [3.8, 4) is 11.5 Å². The van der Waals surface area contributed by atoms with Crippen LogP contribution in [0, 0.1) is 0 Å². The number of hydrogen-bond donors (Lipinski definition) is 2. The van der Waals surface area contributed by atoms with Gasteiger partial charge in [-0.25, -0.2) is 0 Å². The minimum atomic E-state index is -0.191. The highest BCUT2D eigenvalue weighted by Crippen LogP contribution is 2.39. The maximum absolute atomic E-state index is 12.8. The Morgan fingerprint density at radius 3 is 1.06 bits per heavy atom. The standard InChI is InChI=1S/C33H46O3/c1-30(2,3)24-19-26(32(7,8)9)28(35)17-21(24)13-15-23(34)16-14-22-18-29(36)27(33(10,11)12)20-25(22)31(4,5)6/h13-20,35-36H,1-12H3. The van der Waals surface area contributed by atoms with Gasteiger partial charge in [0.05, 0.1) is 0 Å². The van der Waals surface area contributed by atoms with E-state index >= 15 is 0 Å². The summed E-state index contributed by atoms with van der Waals surface area (Å²) in [5.41, 5.74) is 4.92. The van der Waals surface area contributed by atoms with Crippen LogP contribution in [0.15, 0.2) is 36.4 Å². The van der Waals surface area contributed by atoms with Gasteiger partial charge >= 0.3 is 0 Å². The molecule has 3 heteroatoms. The van der Waals surface area contributed by atoms with Crippen LogP contribution < -0.4 is 0 Å². The van der Waals surface area contributed by atoms with Crippen molar-refractivity contribution >= 4 is 17.9 Å². The molecular formula is C33H46O3. The molecule has 196 valence electrons. The smallest absolute Gasteiger partial charge is 0.178 e. The van der Waals surface area contributed by atoms with Crippen molar-refractivity contribution < 1.29 is 15.0 Å². The van der Waals surface area contributed by atoms with Gasteiger partial charge in [-0.15, -0.1) is 0 Å². The Kier molecular flexibility index (Phi) is 8.11. The first-order valence-electron chi connectivity index (χ1n) is 12.8. The highest BCUT2D eigenvalue weighted by atomic mass is 16.3. The number of aromatic hydroxyl groups is 2. The maximum atomic E-state index is 12.8. The second kappa shape index (κ2) is 9.92. The Morgan fingerprint density at radius 2 is 0.806 bits per heavy atom. The number of rotatable bonds is 4. The van der Waals surface area contributed by atoms with Crippen molar-refractivity contribution in [3.63, 3.8) is 0 Å². The zero-order valence-electron chi connectivity index (χ0n) is 24.4. The predicted octanol–water partition coefficient (Wildman–Crippen LogP) is 8.58. The SMILES string of the molecule is CC(C)(C)c1cc(C(C)(C)C)c(C=CC(=O)C=Cc2cc(O)c(C(C)(C)C)cc2C(C)(C)C)cc1O. The first kappa shape index (κ1) is 29.4. The minimum absolute atomic E-state index is 0.153. The Morgan fingerprint density at radius 1 is 0.528 bits per heavy atom. The van der Waals surface area contributed by atoms with E-state index in [1.807, 2.05) is 0 Å². The van der Waals surface area contributed by atoms with Crippen molar-refractivity contribution in [2.75, 3.05) is 0 Å². The predicted molar refractivity (Wildman–Crippen MR) is 154 cm³/mol. The molecule has 0 aliphatic rings. The van der Waals surface area contributed by atoms with E-state index in [0.717, 1.165) is 33.4 Å². The molecule has 36 heavy (non-hydrogen) atoms. The third kappa shape index (κ3) is 7.12. The van der Waals surface area contributed by atoms with Crippen molar-refractivity contribution in [2.24, 2.45) is 0 Å². The molecule has 3 nitrogen and oxygen atoms in total. The molecule has 0 bridgehead atoms. The van der Waals surface area contributed by atoms with Gasteiger partial charge in [0.15, 0.2) is 5.78 Å². The zero-order chi connectivity index (χ0) is 27.9. The van der Waals surface area contributed by atoms with Crippen LogP contribution in [0.5, 0.6) is 11.5 Å². The summed E-state index contributed by atoms with van der Waals surface area (Å²) in [6.45, 7) is 25.3. The molecule has 0 atom stereocenters. The van der Waals surface area contributed by atoms with Crippen molar-refractivity contribution in [2.45, 2.75) is 105 Å². The van der Waals surface area contributed by atoms with Crippen LogP contribution in [0.2, 0.25) is 0 Å². The molecule has 0 aliphatic heterocycles. The van der Waals surface area contributed by atoms with E-state index in [4.69, 9.17) is 0 Å². The lowest BCUT2D eigenvalue weighted by Crippen LogP contribution is -2.18. The van der Waals surface area contributed by atoms with Gasteiger partial charge in [-0.2, -0.15) is 0 Å². The molecular weight excluding hydrogens is 444 g/mol. The third-order valence-electron chi connectivity index (χ3n) is 6.42. The molecule has 2 rings (SSSR count). The number of phenolic OH excluding ortho intramolecular Hbond substituents is 2. The quantitative estimate of drug-likeness (QED) is 0.422. The molecule has 0 saturated carbocycles. The van der Waals surface area contributed by atoms with Crippen LogP contribution in [-0.2, 0) is 26.5 Å². The highest BCUT2D eigenvalue weighted by Gasteiger charge is 2.26. The number of benzene rings is 2. The topological polar surface area (TPSA) is 57.5 Å². The number of ketones is 1. The normalized spacial score (nSPS) is 13.7. The summed E-state index contributed by atoms with van der Waals surface area (Å²) in [4.78, 5) is 12.8. The van der Waals surface area contributed by atoms with Gasteiger partial charge in [-0.05, 0) is 79.3 Å². The molecule has 2 N–H and O–H groups in total. The molecule has 0 aliphatic carbocycles. The van der Waals surface area contributed by atoms with Crippen LogP contribution in [-0.4, -0.2) is 16.0 Å². The monoisotopic (exact) mass is 490 g/mol. The van der Waals surface area contributed by atoms with Gasteiger partial charge in [-0.1, -0.05) is 107 Å². The van der Waals surface area contributed by atoms with E-state index in [9.17, 15) is 15.0 Å². The van der Waals surface area contributed by atoms with Crippen LogP contribution >= 0.6 is 0 Å². The van der Waals surface area contributed by atoms with Gasteiger partial charge in [0.2, 0.25) is 0 Å². The van der Waals surface area contributed by atoms with E-state index < -0.39 is 0 Å². The third-order valence-corrected chi connectivity index (χ3v) is 6.42. The van der Waals surface area contributed by atoms with Gasteiger partial charge in [0, 0.05) is 0 Å². The van der Waals surface area contributed by atoms with Crippen molar-refractivity contribution in [1.82, 2.24) is 0 Å². The van der Waals surface area contributed by atoms with E-state index in [2.05, 4.69) is 95.2 Å². The molecule has 2 aromatic rings. The lowest BCUT2D eigenvalue weighted by atomic mass is 9.78. The summed E-state index contributed by atoms with van der Waals surface area (Å²) >= 11 is 0. The van der Waals surface area contributed by atoms with E-state index in [-0.39, 0.29) is 38.9 Å². The largest absolute Gasteiger partial charge is 0.508 e. The van der Waals surface area contributed by atoms with Crippen LogP contribution in [0.4, 0.5) is 0 Å². The Hall–Kier alpha value is -2.81. The van der Waals surface area contributed by atoms with Crippen LogP contribution in [0.3, 0.4) is 0 Å². The zero-order valence-corrected chi connectivity index (χ0v) is 24.4. The van der Waals surface area contributed by atoms with Crippen LogP contribution in [0.1, 0.15) is 116 Å². The second-order valence-corrected chi connectivity index (χ2v) is 14.0. The number of hydrogen-bond acceptors (Lipinski definition) is 3. The lowest BCUT2D eigenvalue weighted by Gasteiger charge is -2.27. The molecule has 0 aromatic heterocycles. The average molecular weight is 491 g/mol. The average Bonchev–Trinajstić information content (AvgIpc) is 2.66. The summed E-state index contributed by atoms with van der Waals surface area (Å²) in [5, 5.41) is 21.4. The lowest BCUT2D eigenvalue weighted by molar-refractivity contribution is -0.110. The summed E-state index contributed by atoms with van der Waals surface area (Å²) in [7, 11) is 0. The number of carbonyl (C=O) groups is 1. The fraction of sp³-hybridized carbons (Fsp3) is 0.485. The summed E-state index contributed by atoms with van der Waals surface area (Å²) in [6.07, 6.45) is 6.64. The first-order valence-corrected chi connectivity index (χ1v) is 12.8. The molecule has 0 saturated heterocycles. The number of allylic oxidation sites excluding steroid dienone is 2. The second-order valence-electron chi connectivity index (χ2n) is 14.0. The molecule has 0 unspecified atom stereocenters. The van der Waals surface area contributed by atoms with Crippen molar-refractivity contribution in [1.29, 1.82) is 0 Å². The number of phenols is 2. The summed E-state index contributed by atoms with van der Waals surface area (Å²) in [6, 6.07) is 7.64. The van der Waals surface area contributed by atoms with Gasteiger partial charge in [-0.3, -0.25) is 4.79 Å². The van der Waals surface area contributed by atoms with Gasteiger partial charge in [0.1, 0.15) is 11.5 Å². The molecule has 0 amide bonds. The van der Waals surface area contributed by atoms with Gasteiger partial charge < -0.3 is 10.2 Å². The fourth-order valence-corrected chi connectivity index (χ4v) is 4.38. The van der Waals surface area contributed by atoms with Crippen LogP contribution in [0.25, 0.3) is 12.2 Å². The maximum Gasteiger partial charge on any atom is 0.178 e. The van der Waals surface area contributed by atoms with Gasteiger partial charge in [0.25, 0.3) is 0 Å². The van der Waals surface area contributed by atoms with E-state index in [1.54, 1.807) is 24.3 Å². The number of carbonyl (C=O) groups excluding carboxylic acids is 1. The molecule has 0 fully saturated rings. The minimum Gasteiger partial charge on any atom is -0.508 e. The summed E-state index contributed by atoms with van der Waals surface area (Å²) in [5.74, 6) is 0.318. The van der Waals surface area contributed by atoms with E-state index in [0.29, 0.717) is 0 Å². The fourth-order valence-electron chi connectivity index (χ4n) is 4.38. The van der Waals surface area contributed by atoms with E-state index in [1.165, 1.54) is 12.2 Å². The first-order chi connectivity index (χ1) is 16.1. The summed E-state index contributed by atoms with van der Waals surface area (Å²) < 4.78 is 0. The Bertz CT molecular complexity index is 1090. The molecule has 0 heterocycles.